The molecule has 1 aliphatic carbocycles. The standard InChI is InChI=1S/C9H10ClNO3/c1-6-4-3-5-9(2,8(10)12)7(6)11(13)14/h3-4H,5H2,1-2H3. The molecule has 76 valence electrons. The molecular formula is C9H10ClNO3. The molecule has 0 radical (unpaired) electrons. The zero-order valence-electron chi connectivity index (χ0n) is 7.91. The van der Waals surface area contributed by atoms with E-state index in [1.165, 1.54) is 6.92 Å². The van der Waals surface area contributed by atoms with Gasteiger partial charge in [0.1, 0.15) is 5.41 Å². The molecule has 0 saturated heterocycles. The van der Waals surface area contributed by atoms with Gasteiger partial charge in [0.05, 0.1) is 4.92 Å². The van der Waals surface area contributed by atoms with Crippen molar-refractivity contribution >= 4 is 16.8 Å². The summed E-state index contributed by atoms with van der Waals surface area (Å²) in [4.78, 5) is 21.4. The molecule has 0 aliphatic heterocycles. The van der Waals surface area contributed by atoms with Gasteiger partial charge in [-0.3, -0.25) is 14.9 Å². The summed E-state index contributed by atoms with van der Waals surface area (Å²) >= 11 is 5.39. The molecule has 0 saturated carbocycles. The van der Waals surface area contributed by atoms with Crippen molar-refractivity contribution < 1.29 is 9.72 Å². The van der Waals surface area contributed by atoms with E-state index in [9.17, 15) is 14.9 Å². The third kappa shape index (κ3) is 1.57. The van der Waals surface area contributed by atoms with Crippen molar-refractivity contribution in [1.29, 1.82) is 0 Å². The van der Waals surface area contributed by atoms with Crippen molar-refractivity contribution in [2.24, 2.45) is 5.41 Å². The van der Waals surface area contributed by atoms with Crippen molar-refractivity contribution in [1.82, 2.24) is 0 Å². The fraction of sp³-hybridized carbons (Fsp3) is 0.444. The fourth-order valence-corrected chi connectivity index (χ4v) is 1.77. The van der Waals surface area contributed by atoms with Gasteiger partial charge in [-0.2, -0.15) is 0 Å². The SMILES string of the molecule is CC1=C([N+](=O)[O-])C(C)(C(=O)Cl)CC=C1. The van der Waals surface area contributed by atoms with E-state index in [0.29, 0.717) is 5.57 Å². The van der Waals surface area contributed by atoms with Crippen LogP contribution in [0.3, 0.4) is 0 Å². The zero-order valence-corrected chi connectivity index (χ0v) is 8.67. The van der Waals surface area contributed by atoms with Gasteiger partial charge in [-0.05, 0) is 31.9 Å². The largest absolute Gasteiger partial charge is 0.280 e. The smallest absolute Gasteiger partial charge is 0.263 e. The highest BCUT2D eigenvalue weighted by molar-refractivity contribution is 6.65. The Morgan fingerprint density at radius 2 is 2.29 bits per heavy atom. The van der Waals surface area contributed by atoms with Crippen molar-refractivity contribution in [2.45, 2.75) is 20.3 Å². The number of carbonyl (C=O) groups excluding carboxylic acids is 1. The minimum atomic E-state index is -1.19. The first-order valence-electron chi connectivity index (χ1n) is 4.12. The average molecular weight is 216 g/mol. The molecule has 0 spiro atoms. The fourth-order valence-electron chi connectivity index (χ4n) is 1.60. The van der Waals surface area contributed by atoms with E-state index in [-0.39, 0.29) is 12.1 Å². The van der Waals surface area contributed by atoms with E-state index in [4.69, 9.17) is 11.6 Å². The number of nitrogens with zero attached hydrogens (tertiary/aromatic N) is 1. The van der Waals surface area contributed by atoms with Gasteiger partial charge in [0.25, 0.3) is 5.70 Å². The average Bonchev–Trinajstić information content (AvgIpc) is 2.02. The maximum Gasteiger partial charge on any atom is 0.263 e. The van der Waals surface area contributed by atoms with Crippen LogP contribution in [-0.2, 0) is 4.79 Å². The third-order valence-corrected chi connectivity index (χ3v) is 2.82. The van der Waals surface area contributed by atoms with Crippen molar-refractivity contribution in [3.63, 3.8) is 0 Å². The molecule has 0 N–H and O–H groups in total. The van der Waals surface area contributed by atoms with Gasteiger partial charge in [-0.15, -0.1) is 0 Å². The Morgan fingerprint density at radius 3 is 2.64 bits per heavy atom. The second-order valence-electron chi connectivity index (χ2n) is 3.50. The highest BCUT2D eigenvalue weighted by Crippen LogP contribution is 2.39. The molecule has 1 unspecified atom stereocenters. The quantitative estimate of drug-likeness (QED) is 0.403. The van der Waals surface area contributed by atoms with Crippen LogP contribution in [0, 0.1) is 15.5 Å². The number of hydrogen-bond donors (Lipinski definition) is 0. The lowest BCUT2D eigenvalue weighted by atomic mass is 9.79. The Bertz CT molecular complexity index is 359. The van der Waals surface area contributed by atoms with Crippen LogP contribution < -0.4 is 0 Å². The molecule has 0 aromatic carbocycles. The van der Waals surface area contributed by atoms with Gasteiger partial charge in [0.2, 0.25) is 5.24 Å². The van der Waals surface area contributed by atoms with Crippen LogP contribution in [0.15, 0.2) is 23.4 Å². The van der Waals surface area contributed by atoms with E-state index in [1.54, 1.807) is 19.1 Å². The third-order valence-electron chi connectivity index (χ3n) is 2.41. The molecule has 1 aliphatic rings. The van der Waals surface area contributed by atoms with E-state index in [2.05, 4.69) is 0 Å². The number of rotatable bonds is 2. The lowest BCUT2D eigenvalue weighted by Gasteiger charge is -2.24. The van der Waals surface area contributed by atoms with Crippen LogP contribution in [0.1, 0.15) is 20.3 Å². The van der Waals surface area contributed by atoms with Gasteiger partial charge in [0.15, 0.2) is 0 Å². The van der Waals surface area contributed by atoms with Gasteiger partial charge in [-0.25, -0.2) is 0 Å². The van der Waals surface area contributed by atoms with Gasteiger partial charge >= 0.3 is 0 Å². The van der Waals surface area contributed by atoms with E-state index >= 15 is 0 Å². The second-order valence-corrected chi connectivity index (χ2v) is 3.84. The highest BCUT2D eigenvalue weighted by Gasteiger charge is 2.45. The topological polar surface area (TPSA) is 60.2 Å². The van der Waals surface area contributed by atoms with Crippen LogP contribution in [0.4, 0.5) is 0 Å². The molecule has 0 aromatic rings. The lowest BCUT2D eigenvalue weighted by molar-refractivity contribution is -0.438. The first kappa shape index (κ1) is 10.9. The molecule has 5 heteroatoms. The Morgan fingerprint density at radius 1 is 1.71 bits per heavy atom. The van der Waals surface area contributed by atoms with Crippen LogP contribution >= 0.6 is 11.6 Å². The number of nitro groups is 1. The molecule has 0 aromatic heterocycles. The number of hydrogen-bond acceptors (Lipinski definition) is 3. The van der Waals surface area contributed by atoms with Crippen LogP contribution in [0.5, 0.6) is 0 Å². The Balaban J connectivity index is 3.31. The number of carbonyl (C=O) groups is 1. The van der Waals surface area contributed by atoms with Crippen LogP contribution in [0.2, 0.25) is 0 Å². The Labute approximate surface area is 86.4 Å². The van der Waals surface area contributed by atoms with Crippen molar-refractivity contribution in [3.8, 4) is 0 Å². The summed E-state index contributed by atoms with van der Waals surface area (Å²) in [7, 11) is 0. The predicted molar refractivity (Wildman–Crippen MR) is 52.4 cm³/mol. The molecule has 14 heavy (non-hydrogen) atoms. The van der Waals surface area contributed by atoms with Crippen LogP contribution in [0.25, 0.3) is 0 Å². The van der Waals surface area contributed by atoms with E-state index in [0.717, 1.165) is 0 Å². The molecule has 0 fully saturated rings. The molecular weight excluding hydrogens is 206 g/mol. The summed E-state index contributed by atoms with van der Waals surface area (Å²) in [6.07, 6.45) is 3.64. The molecule has 0 amide bonds. The van der Waals surface area contributed by atoms with Crippen molar-refractivity contribution in [3.05, 3.63) is 33.5 Å². The molecule has 0 heterocycles. The summed E-state index contributed by atoms with van der Waals surface area (Å²) in [5.74, 6) is 0. The number of allylic oxidation sites excluding steroid dienone is 4. The monoisotopic (exact) mass is 215 g/mol. The van der Waals surface area contributed by atoms with E-state index in [1.807, 2.05) is 0 Å². The van der Waals surface area contributed by atoms with Gasteiger partial charge < -0.3 is 0 Å². The normalized spacial score (nSPS) is 26.5. The molecule has 4 nitrogen and oxygen atoms in total. The minimum absolute atomic E-state index is 0.0972. The lowest BCUT2D eigenvalue weighted by Crippen LogP contribution is -2.32. The van der Waals surface area contributed by atoms with Gasteiger partial charge in [-0.1, -0.05) is 12.2 Å². The maximum absolute atomic E-state index is 11.2. The summed E-state index contributed by atoms with van der Waals surface area (Å²) < 4.78 is 0. The molecule has 0 bridgehead atoms. The molecule has 1 rings (SSSR count). The first-order chi connectivity index (χ1) is 6.39. The van der Waals surface area contributed by atoms with Crippen LogP contribution in [-0.4, -0.2) is 10.2 Å². The van der Waals surface area contributed by atoms with Crippen molar-refractivity contribution in [2.75, 3.05) is 0 Å². The predicted octanol–water partition coefficient (Wildman–Crippen LogP) is 2.27. The minimum Gasteiger partial charge on any atom is -0.280 e. The summed E-state index contributed by atoms with van der Waals surface area (Å²) in [6.45, 7) is 3.10. The summed E-state index contributed by atoms with van der Waals surface area (Å²) in [5, 5.41) is 10.1. The second kappa shape index (κ2) is 3.53. The first-order valence-corrected chi connectivity index (χ1v) is 4.49. The van der Waals surface area contributed by atoms with Gasteiger partial charge in [0, 0.05) is 5.57 Å². The molecule has 1 atom stereocenters. The van der Waals surface area contributed by atoms with E-state index < -0.39 is 15.6 Å². The number of halogens is 1. The maximum atomic E-state index is 11.2. The Kier molecular flexibility index (Phi) is 2.76. The summed E-state index contributed by atoms with van der Waals surface area (Å²) in [5.41, 5.74) is -0.804. The Hall–Kier alpha value is -1.16. The summed E-state index contributed by atoms with van der Waals surface area (Å²) in [6, 6.07) is 0. The zero-order chi connectivity index (χ0) is 10.9. The highest BCUT2D eigenvalue weighted by atomic mass is 35.5.